The number of ether oxygens (including phenoxy) is 1. The zero-order valence-corrected chi connectivity index (χ0v) is 16.4. The average Bonchev–Trinajstić information content (AvgIpc) is 2.99. The van der Waals surface area contributed by atoms with E-state index < -0.39 is 24.1 Å². The van der Waals surface area contributed by atoms with E-state index in [1.165, 1.54) is 6.92 Å². The zero-order valence-electron chi connectivity index (χ0n) is 16.4. The van der Waals surface area contributed by atoms with Crippen molar-refractivity contribution in [2.45, 2.75) is 33.7 Å². The molecule has 1 aromatic carbocycles. The first-order chi connectivity index (χ1) is 13.8. The van der Waals surface area contributed by atoms with Gasteiger partial charge >= 0.3 is 5.97 Å². The van der Waals surface area contributed by atoms with Crippen LogP contribution in [-0.2, 0) is 22.6 Å². The van der Waals surface area contributed by atoms with Crippen LogP contribution in [0.15, 0.2) is 30.3 Å². The minimum atomic E-state index is -1.17. The highest BCUT2D eigenvalue weighted by Gasteiger charge is 2.29. The summed E-state index contributed by atoms with van der Waals surface area (Å²) in [6, 6.07) is 9.64. The molecule has 3 rings (SSSR count). The highest BCUT2D eigenvalue weighted by atomic mass is 16.5. The number of hydrogen-bond acceptors (Lipinski definition) is 6. The van der Waals surface area contributed by atoms with Crippen LogP contribution < -0.4 is 4.74 Å². The van der Waals surface area contributed by atoms with Gasteiger partial charge in [-0.15, -0.1) is 0 Å². The lowest BCUT2D eigenvalue weighted by Gasteiger charge is -2.10. The third kappa shape index (κ3) is 4.01. The molecule has 0 bridgehead atoms. The zero-order chi connectivity index (χ0) is 21.1. The molecule has 0 saturated heterocycles. The van der Waals surface area contributed by atoms with E-state index in [0.29, 0.717) is 30.1 Å². The molecule has 2 heterocycles. The van der Waals surface area contributed by atoms with Crippen molar-refractivity contribution in [3.8, 4) is 5.88 Å². The van der Waals surface area contributed by atoms with Crippen molar-refractivity contribution in [2.24, 2.45) is 0 Å². The van der Waals surface area contributed by atoms with E-state index >= 15 is 0 Å². The Labute approximate surface area is 167 Å². The molecular formula is C21H21N3O5. The van der Waals surface area contributed by atoms with Crippen molar-refractivity contribution < 1.29 is 24.2 Å². The summed E-state index contributed by atoms with van der Waals surface area (Å²) in [5.74, 6) is -2.11. The number of aromatic nitrogens is 3. The molecule has 0 atom stereocenters. The van der Waals surface area contributed by atoms with Gasteiger partial charge in [0.05, 0.1) is 10.9 Å². The summed E-state index contributed by atoms with van der Waals surface area (Å²) >= 11 is 0. The standard InChI is InChI=1S/C21H21N3O5/c1-4-15-17(19(28)12(2)25)18-20(24(15)10-14-8-6-5-7-9-14)22-13(3)23-21(18)29-11-16(26)27/h5-9H,4,10-11H2,1-3H3,(H,26,27). The Morgan fingerprint density at radius 2 is 1.83 bits per heavy atom. The van der Waals surface area contributed by atoms with Crippen molar-refractivity contribution in [1.29, 1.82) is 0 Å². The van der Waals surface area contributed by atoms with Crippen LogP contribution in [0, 0.1) is 6.92 Å². The summed E-state index contributed by atoms with van der Waals surface area (Å²) < 4.78 is 7.23. The summed E-state index contributed by atoms with van der Waals surface area (Å²) in [5, 5.41) is 9.26. The van der Waals surface area contributed by atoms with Gasteiger partial charge in [0.2, 0.25) is 11.7 Å². The molecule has 0 radical (unpaired) electrons. The summed E-state index contributed by atoms with van der Waals surface area (Å²) in [6.07, 6.45) is 0.467. The number of aliphatic carboxylic acids is 1. The smallest absolute Gasteiger partial charge is 0.341 e. The molecule has 0 unspecified atom stereocenters. The minimum Gasteiger partial charge on any atom is -0.479 e. The number of aryl methyl sites for hydroxylation is 1. The Morgan fingerprint density at radius 1 is 1.14 bits per heavy atom. The molecule has 3 aromatic rings. The number of benzene rings is 1. The van der Waals surface area contributed by atoms with Gasteiger partial charge in [-0.2, -0.15) is 4.98 Å². The van der Waals surface area contributed by atoms with E-state index in [9.17, 15) is 14.4 Å². The van der Waals surface area contributed by atoms with Gasteiger partial charge in [0.1, 0.15) is 11.5 Å². The first kappa shape index (κ1) is 20.2. The van der Waals surface area contributed by atoms with Crippen LogP contribution in [0.4, 0.5) is 0 Å². The molecular weight excluding hydrogens is 374 g/mol. The van der Waals surface area contributed by atoms with Crippen LogP contribution in [-0.4, -0.2) is 43.8 Å². The van der Waals surface area contributed by atoms with Gasteiger partial charge in [-0.25, -0.2) is 9.78 Å². The van der Waals surface area contributed by atoms with E-state index in [4.69, 9.17) is 9.84 Å². The monoisotopic (exact) mass is 395 g/mol. The Balaban J connectivity index is 2.33. The predicted molar refractivity (Wildman–Crippen MR) is 105 cm³/mol. The molecule has 8 nitrogen and oxygen atoms in total. The molecule has 8 heteroatoms. The van der Waals surface area contributed by atoms with E-state index in [0.717, 1.165) is 5.56 Å². The first-order valence-corrected chi connectivity index (χ1v) is 9.17. The molecule has 0 saturated carbocycles. The second kappa shape index (κ2) is 8.22. The Morgan fingerprint density at radius 3 is 2.41 bits per heavy atom. The Bertz CT molecular complexity index is 1100. The number of nitrogens with zero attached hydrogens (tertiary/aromatic N) is 3. The van der Waals surface area contributed by atoms with Gasteiger partial charge in [0.15, 0.2) is 12.4 Å². The Kier molecular flexibility index (Phi) is 5.72. The third-order valence-corrected chi connectivity index (χ3v) is 4.49. The predicted octanol–water partition coefficient (Wildman–Crippen LogP) is 2.59. The number of carbonyl (C=O) groups excluding carboxylic acids is 2. The first-order valence-electron chi connectivity index (χ1n) is 9.17. The van der Waals surface area contributed by atoms with Crippen molar-refractivity contribution in [1.82, 2.24) is 14.5 Å². The molecule has 0 fully saturated rings. The quantitative estimate of drug-likeness (QED) is 0.461. The van der Waals surface area contributed by atoms with Gasteiger partial charge in [0, 0.05) is 19.2 Å². The third-order valence-electron chi connectivity index (χ3n) is 4.49. The number of carboxylic acid groups (broad SMARTS) is 1. The van der Waals surface area contributed by atoms with E-state index in [2.05, 4.69) is 9.97 Å². The van der Waals surface area contributed by atoms with Crippen LogP contribution in [0.2, 0.25) is 0 Å². The average molecular weight is 395 g/mol. The van der Waals surface area contributed by atoms with Crippen molar-refractivity contribution in [2.75, 3.05) is 6.61 Å². The lowest BCUT2D eigenvalue weighted by Crippen LogP contribution is -2.14. The van der Waals surface area contributed by atoms with E-state index in [1.54, 1.807) is 6.92 Å². The fourth-order valence-electron chi connectivity index (χ4n) is 3.31. The molecule has 29 heavy (non-hydrogen) atoms. The largest absolute Gasteiger partial charge is 0.479 e. The molecule has 0 amide bonds. The van der Waals surface area contributed by atoms with Crippen LogP contribution in [0.5, 0.6) is 5.88 Å². The van der Waals surface area contributed by atoms with E-state index in [1.807, 2.05) is 41.8 Å². The van der Waals surface area contributed by atoms with Crippen LogP contribution in [0.1, 0.15) is 41.3 Å². The van der Waals surface area contributed by atoms with Crippen LogP contribution in [0.3, 0.4) is 0 Å². The highest BCUT2D eigenvalue weighted by Crippen LogP contribution is 2.33. The number of carbonyl (C=O) groups is 3. The normalized spacial score (nSPS) is 10.9. The van der Waals surface area contributed by atoms with Gasteiger partial charge in [-0.1, -0.05) is 37.3 Å². The van der Waals surface area contributed by atoms with Gasteiger partial charge < -0.3 is 14.4 Å². The highest BCUT2D eigenvalue weighted by molar-refractivity contribution is 6.45. The van der Waals surface area contributed by atoms with Crippen molar-refractivity contribution >= 4 is 28.6 Å². The topological polar surface area (TPSA) is 111 Å². The summed E-state index contributed by atoms with van der Waals surface area (Å²) in [7, 11) is 0. The van der Waals surface area contributed by atoms with Crippen LogP contribution >= 0.6 is 0 Å². The molecule has 0 aliphatic carbocycles. The SMILES string of the molecule is CCc1c(C(=O)C(C)=O)c2c(OCC(=O)O)nc(C)nc2n1Cc1ccccc1. The number of carboxylic acids is 1. The molecule has 0 aliphatic rings. The van der Waals surface area contributed by atoms with Crippen molar-refractivity contribution in [3.63, 3.8) is 0 Å². The fourth-order valence-corrected chi connectivity index (χ4v) is 3.31. The second-order valence-corrected chi connectivity index (χ2v) is 6.59. The molecule has 0 spiro atoms. The van der Waals surface area contributed by atoms with Gasteiger partial charge in [-0.05, 0) is 18.9 Å². The minimum absolute atomic E-state index is 0.0130. The van der Waals surface area contributed by atoms with E-state index in [-0.39, 0.29) is 16.8 Å². The number of rotatable bonds is 8. The summed E-state index contributed by atoms with van der Waals surface area (Å²) in [6.45, 7) is 4.55. The lowest BCUT2D eigenvalue weighted by molar-refractivity contribution is -0.139. The maximum absolute atomic E-state index is 12.8. The fraction of sp³-hybridized carbons (Fsp3) is 0.286. The molecule has 2 aromatic heterocycles. The summed E-state index contributed by atoms with van der Waals surface area (Å²) in [5.41, 5.74) is 2.23. The van der Waals surface area contributed by atoms with Crippen LogP contribution in [0.25, 0.3) is 11.0 Å². The lowest BCUT2D eigenvalue weighted by atomic mass is 10.0. The number of fused-ring (bicyclic) bond motifs is 1. The number of Topliss-reactive ketones (excluding diaryl/α,β-unsaturated/α-hetero) is 2. The van der Waals surface area contributed by atoms with Gasteiger partial charge in [-0.3, -0.25) is 9.59 Å². The van der Waals surface area contributed by atoms with Gasteiger partial charge in [0.25, 0.3) is 0 Å². The number of ketones is 2. The molecule has 1 N–H and O–H groups in total. The van der Waals surface area contributed by atoms with Crippen molar-refractivity contribution in [3.05, 3.63) is 53.0 Å². The molecule has 0 aliphatic heterocycles. The Hall–Kier alpha value is -3.55. The maximum Gasteiger partial charge on any atom is 0.341 e. The summed E-state index contributed by atoms with van der Waals surface area (Å²) in [4.78, 5) is 44.4. The second-order valence-electron chi connectivity index (χ2n) is 6.59. The number of hydrogen-bond donors (Lipinski definition) is 1. The maximum atomic E-state index is 12.8. The molecule has 150 valence electrons.